The minimum absolute atomic E-state index is 0.255. The highest BCUT2D eigenvalue weighted by Crippen LogP contribution is 2.41. The topological polar surface area (TPSA) is 20.2 Å². The van der Waals surface area contributed by atoms with Gasteiger partial charge in [-0.15, -0.1) is 0 Å². The van der Waals surface area contributed by atoms with Crippen LogP contribution in [0.1, 0.15) is 42.9 Å². The van der Waals surface area contributed by atoms with E-state index in [-0.39, 0.29) is 6.61 Å². The maximum Gasteiger partial charge on any atom is 0.0503 e. The van der Waals surface area contributed by atoms with E-state index in [0.29, 0.717) is 11.8 Å². The van der Waals surface area contributed by atoms with Crippen molar-refractivity contribution in [2.45, 2.75) is 33.1 Å². The Kier molecular flexibility index (Phi) is 3.15. The van der Waals surface area contributed by atoms with Gasteiger partial charge in [-0.05, 0) is 36.0 Å². The van der Waals surface area contributed by atoms with E-state index in [1.807, 2.05) is 0 Å². The van der Waals surface area contributed by atoms with Crippen LogP contribution >= 0.6 is 0 Å². The van der Waals surface area contributed by atoms with Crippen LogP contribution in [0.5, 0.6) is 0 Å². The van der Waals surface area contributed by atoms with Gasteiger partial charge in [0, 0.05) is 5.92 Å². The number of hydrogen-bond donors (Lipinski definition) is 1. The van der Waals surface area contributed by atoms with Crippen molar-refractivity contribution in [1.82, 2.24) is 0 Å². The Morgan fingerprint density at radius 1 is 1.44 bits per heavy atom. The summed E-state index contributed by atoms with van der Waals surface area (Å²) < 4.78 is 0. The molecule has 0 radical (unpaired) electrons. The van der Waals surface area contributed by atoms with Gasteiger partial charge in [0.15, 0.2) is 0 Å². The maximum absolute atomic E-state index is 9.41. The molecule has 1 aromatic rings. The zero-order chi connectivity index (χ0) is 11.7. The zero-order valence-corrected chi connectivity index (χ0v) is 10.3. The molecular weight excluding hydrogens is 196 g/mol. The van der Waals surface area contributed by atoms with Crippen molar-refractivity contribution in [2.75, 3.05) is 6.61 Å². The third-order valence-corrected chi connectivity index (χ3v) is 3.22. The van der Waals surface area contributed by atoms with Gasteiger partial charge in [0.2, 0.25) is 0 Å². The molecule has 0 aliphatic heterocycles. The molecule has 1 atom stereocenters. The molecule has 86 valence electrons. The summed E-state index contributed by atoms with van der Waals surface area (Å²) in [6.45, 7) is 6.79. The molecule has 1 heteroatoms. The third-order valence-electron chi connectivity index (χ3n) is 3.22. The van der Waals surface area contributed by atoms with Crippen molar-refractivity contribution in [1.29, 1.82) is 0 Å². The van der Waals surface area contributed by atoms with E-state index in [2.05, 4.69) is 45.0 Å². The highest BCUT2D eigenvalue weighted by Gasteiger charge is 2.25. The van der Waals surface area contributed by atoms with Crippen LogP contribution in [0.2, 0.25) is 0 Å². The van der Waals surface area contributed by atoms with Gasteiger partial charge in [0.05, 0.1) is 6.61 Å². The smallest absolute Gasteiger partial charge is 0.0503 e. The van der Waals surface area contributed by atoms with E-state index in [4.69, 9.17) is 0 Å². The fraction of sp³-hybridized carbons (Fsp3) is 0.467. The molecule has 0 heterocycles. The summed E-state index contributed by atoms with van der Waals surface area (Å²) in [4.78, 5) is 0. The van der Waals surface area contributed by atoms with Crippen molar-refractivity contribution >= 4 is 5.57 Å². The molecule has 0 bridgehead atoms. The van der Waals surface area contributed by atoms with E-state index in [1.54, 1.807) is 0 Å². The highest BCUT2D eigenvalue weighted by atomic mass is 16.3. The lowest BCUT2D eigenvalue weighted by molar-refractivity contribution is 0.269. The van der Waals surface area contributed by atoms with E-state index in [1.165, 1.54) is 22.3 Å². The average molecular weight is 216 g/mol. The van der Waals surface area contributed by atoms with Crippen LogP contribution in [0.25, 0.3) is 5.57 Å². The SMILES string of the molecule is Cc1ccc2c(c1)/C(=C/C(C)C)CC2CO. The number of aliphatic hydroxyl groups is 1. The molecule has 1 aliphatic rings. The predicted octanol–water partition coefficient (Wildman–Crippen LogP) is 3.51. The Hall–Kier alpha value is -1.08. The lowest BCUT2D eigenvalue weighted by Gasteiger charge is -2.06. The van der Waals surface area contributed by atoms with Crippen LogP contribution in [0, 0.1) is 12.8 Å². The van der Waals surface area contributed by atoms with Crippen molar-refractivity contribution in [3.05, 3.63) is 41.0 Å². The summed E-state index contributed by atoms with van der Waals surface area (Å²) in [6.07, 6.45) is 3.32. The van der Waals surface area contributed by atoms with Crippen LogP contribution in [-0.2, 0) is 0 Å². The average Bonchev–Trinajstić information content (AvgIpc) is 2.55. The minimum atomic E-state index is 0.255. The Morgan fingerprint density at radius 3 is 2.81 bits per heavy atom. The number of fused-ring (bicyclic) bond motifs is 1. The number of allylic oxidation sites excluding steroid dienone is 2. The van der Waals surface area contributed by atoms with Gasteiger partial charge in [0.25, 0.3) is 0 Å². The van der Waals surface area contributed by atoms with Gasteiger partial charge in [-0.1, -0.05) is 43.7 Å². The molecule has 1 N–H and O–H groups in total. The van der Waals surface area contributed by atoms with Crippen molar-refractivity contribution in [3.8, 4) is 0 Å². The van der Waals surface area contributed by atoms with Crippen LogP contribution in [-0.4, -0.2) is 11.7 Å². The summed E-state index contributed by atoms with van der Waals surface area (Å²) in [5, 5.41) is 9.41. The number of hydrogen-bond acceptors (Lipinski definition) is 1. The molecular formula is C15H20O. The minimum Gasteiger partial charge on any atom is -0.396 e. The number of rotatable bonds is 2. The molecule has 0 saturated heterocycles. The van der Waals surface area contributed by atoms with Gasteiger partial charge in [0.1, 0.15) is 0 Å². The molecule has 0 spiro atoms. The molecule has 2 rings (SSSR count). The third kappa shape index (κ3) is 2.05. The summed E-state index contributed by atoms with van der Waals surface area (Å²) >= 11 is 0. The Balaban J connectivity index is 2.47. The molecule has 1 unspecified atom stereocenters. The summed E-state index contributed by atoms with van der Waals surface area (Å²) in [5.41, 5.74) is 5.38. The lowest BCUT2D eigenvalue weighted by Crippen LogP contribution is -1.98. The van der Waals surface area contributed by atoms with Gasteiger partial charge in [-0.3, -0.25) is 0 Å². The van der Waals surface area contributed by atoms with Gasteiger partial charge < -0.3 is 5.11 Å². The Morgan fingerprint density at radius 2 is 2.19 bits per heavy atom. The fourth-order valence-electron chi connectivity index (χ4n) is 2.51. The molecule has 1 aromatic carbocycles. The van der Waals surface area contributed by atoms with E-state index < -0.39 is 0 Å². The first-order valence-corrected chi connectivity index (χ1v) is 6.04. The molecule has 0 amide bonds. The monoisotopic (exact) mass is 216 g/mol. The van der Waals surface area contributed by atoms with Crippen molar-refractivity contribution < 1.29 is 5.11 Å². The van der Waals surface area contributed by atoms with Crippen LogP contribution < -0.4 is 0 Å². The number of benzene rings is 1. The predicted molar refractivity (Wildman–Crippen MR) is 68.4 cm³/mol. The molecule has 1 nitrogen and oxygen atoms in total. The van der Waals surface area contributed by atoms with Gasteiger partial charge >= 0.3 is 0 Å². The van der Waals surface area contributed by atoms with Crippen LogP contribution in [0.4, 0.5) is 0 Å². The summed E-state index contributed by atoms with van der Waals surface area (Å²) in [7, 11) is 0. The highest BCUT2D eigenvalue weighted by molar-refractivity contribution is 5.74. The lowest BCUT2D eigenvalue weighted by atomic mass is 10.0. The van der Waals surface area contributed by atoms with Crippen molar-refractivity contribution in [3.63, 3.8) is 0 Å². The zero-order valence-electron chi connectivity index (χ0n) is 10.3. The van der Waals surface area contributed by atoms with E-state index in [9.17, 15) is 5.11 Å². The number of aliphatic hydroxyl groups excluding tert-OH is 1. The first-order chi connectivity index (χ1) is 7.61. The second kappa shape index (κ2) is 4.42. The summed E-state index contributed by atoms with van der Waals surface area (Å²) in [6, 6.07) is 6.56. The Bertz CT molecular complexity index is 415. The van der Waals surface area contributed by atoms with Gasteiger partial charge in [-0.25, -0.2) is 0 Å². The first kappa shape index (κ1) is 11.4. The second-order valence-electron chi connectivity index (χ2n) is 5.11. The standard InChI is InChI=1S/C15H20O/c1-10(2)6-12-8-13(9-16)14-5-4-11(3)7-15(12)14/h4-7,10,13,16H,8-9H2,1-3H3/b12-6+. The summed E-state index contributed by atoms with van der Waals surface area (Å²) in [5.74, 6) is 0.876. The van der Waals surface area contributed by atoms with Gasteiger partial charge in [-0.2, -0.15) is 0 Å². The maximum atomic E-state index is 9.41. The van der Waals surface area contributed by atoms with E-state index >= 15 is 0 Å². The van der Waals surface area contributed by atoms with Crippen LogP contribution in [0.15, 0.2) is 24.3 Å². The fourth-order valence-corrected chi connectivity index (χ4v) is 2.51. The van der Waals surface area contributed by atoms with Crippen molar-refractivity contribution in [2.24, 2.45) is 5.92 Å². The van der Waals surface area contributed by atoms with Crippen LogP contribution in [0.3, 0.4) is 0 Å². The molecule has 1 aliphatic carbocycles. The van der Waals surface area contributed by atoms with E-state index in [0.717, 1.165) is 6.42 Å². The number of aryl methyl sites for hydroxylation is 1. The Labute approximate surface area is 97.8 Å². The molecule has 16 heavy (non-hydrogen) atoms. The molecule has 0 aromatic heterocycles. The molecule has 0 saturated carbocycles. The molecule has 0 fully saturated rings. The largest absolute Gasteiger partial charge is 0.396 e. The second-order valence-corrected chi connectivity index (χ2v) is 5.11. The first-order valence-electron chi connectivity index (χ1n) is 6.04. The quantitative estimate of drug-likeness (QED) is 0.802. The normalized spacial score (nSPS) is 21.8.